The smallest absolute Gasteiger partial charge is 0.351 e. The highest BCUT2D eigenvalue weighted by Gasteiger charge is 2.27. The number of thiazole rings is 1. The summed E-state index contributed by atoms with van der Waals surface area (Å²) >= 11 is 1.42. The standard InChI is InChI=1S/C11H18F3N3S/c1-4-15-8(2)9-7-16-10(18-9)17(3)6-5-11(12,13)14/h7-8,15H,4-6H2,1-3H3. The fourth-order valence-electron chi connectivity index (χ4n) is 1.45. The molecular formula is C11H18F3N3S. The molecule has 0 radical (unpaired) electrons. The van der Waals surface area contributed by atoms with Crippen LogP contribution in [0.25, 0.3) is 0 Å². The van der Waals surface area contributed by atoms with Crippen molar-refractivity contribution in [3.05, 3.63) is 11.1 Å². The summed E-state index contributed by atoms with van der Waals surface area (Å²) in [4.78, 5) is 6.73. The van der Waals surface area contributed by atoms with Crippen LogP contribution in [0, 0.1) is 0 Å². The first-order valence-electron chi connectivity index (χ1n) is 5.80. The molecule has 18 heavy (non-hydrogen) atoms. The summed E-state index contributed by atoms with van der Waals surface area (Å²) in [6, 6.07) is 0.178. The Labute approximate surface area is 109 Å². The molecule has 0 aliphatic rings. The van der Waals surface area contributed by atoms with Gasteiger partial charge in [-0.25, -0.2) is 4.98 Å². The normalized spacial score (nSPS) is 13.7. The number of nitrogens with one attached hydrogen (secondary N) is 1. The van der Waals surface area contributed by atoms with Crippen LogP contribution in [0.3, 0.4) is 0 Å². The number of nitrogens with zero attached hydrogens (tertiary/aromatic N) is 2. The molecule has 3 nitrogen and oxygen atoms in total. The van der Waals surface area contributed by atoms with Crippen molar-refractivity contribution in [1.29, 1.82) is 0 Å². The molecule has 1 N–H and O–H groups in total. The molecule has 1 rings (SSSR count). The van der Waals surface area contributed by atoms with Gasteiger partial charge < -0.3 is 10.2 Å². The third kappa shape index (κ3) is 4.81. The van der Waals surface area contributed by atoms with E-state index in [1.807, 2.05) is 13.8 Å². The van der Waals surface area contributed by atoms with Crippen molar-refractivity contribution in [2.75, 3.05) is 25.0 Å². The summed E-state index contributed by atoms with van der Waals surface area (Å²) in [5, 5.41) is 3.87. The monoisotopic (exact) mass is 281 g/mol. The molecule has 1 atom stereocenters. The third-order valence-corrected chi connectivity index (χ3v) is 3.80. The molecule has 104 valence electrons. The Morgan fingerprint density at radius 2 is 2.17 bits per heavy atom. The van der Waals surface area contributed by atoms with Crippen LogP contribution in [-0.2, 0) is 0 Å². The lowest BCUT2D eigenvalue weighted by Gasteiger charge is -2.16. The Morgan fingerprint density at radius 1 is 1.50 bits per heavy atom. The van der Waals surface area contributed by atoms with Gasteiger partial charge in [-0.2, -0.15) is 13.2 Å². The summed E-state index contributed by atoms with van der Waals surface area (Å²) in [5.74, 6) is 0. The van der Waals surface area contributed by atoms with E-state index in [0.29, 0.717) is 5.13 Å². The molecular weight excluding hydrogens is 263 g/mol. The van der Waals surface area contributed by atoms with E-state index in [2.05, 4.69) is 10.3 Å². The molecule has 0 aliphatic heterocycles. The van der Waals surface area contributed by atoms with Gasteiger partial charge >= 0.3 is 6.18 Å². The minimum Gasteiger partial charge on any atom is -0.351 e. The first-order chi connectivity index (χ1) is 8.33. The highest BCUT2D eigenvalue weighted by molar-refractivity contribution is 7.15. The zero-order valence-electron chi connectivity index (χ0n) is 10.7. The molecule has 1 unspecified atom stereocenters. The zero-order valence-corrected chi connectivity index (χ0v) is 11.5. The van der Waals surface area contributed by atoms with E-state index in [1.165, 1.54) is 11.3 Å². The number of anilines is 1. The van der Waals surface area contributed by atoms with Crippen LogP contribution in [0.2, 0.25) is 0 Å². The number of halogens is 3. The maximum Gasteiger partial charge on any atom is 0.390 e. The minimum atomic E-state index is -4.12. The van der Waals surface area contributed by atoms with Gasteiger partial charge in [0.25, 0.3) is 0 Å². The van der Waals surface area contributed by atoms with E-state index in [-0.39, 0.29) is 12.6 Å². The van der Waals surface area contributed by atoms with Crippen LogP contribution in [0.1, 0.15) is 31.2 Å². The molecule has 0 saturated heterocycles. The van der Waals surface area contributed by atoms with Gasteiger partial charge in [0.1, 0.15) is 0 Å². The Morgan fingerprint density at radius 3 is 2.72 bits per heavy atom. The van der Waals surface area contributed by atoms with Gasteiger partial charge in [-0.05, 0) is 13.5 Å². The van der Waals surface area contributed by atoms with E-state index in [0.717, 1.165) is 11.4 Å². The lowest BCUT2D eigenvalue weighted by Crippen LogP contribution is -2.23. The molecule has 0 amide bonds. The Balaban J connectivity index is 2.56. The van der Waals surface area contributed by atoms with E-state index in [1.54, 1.807) is 18.1 Å². The molecule has 0 saturated carbocycles. The van der Waals surface area contributed by atoms with Crippen LogP contribution >= 0.6 is 11.3 Å². The fourth-order valence-corrected chi connectivity index (χ4v) is 2.38. The second-order valence-electron chi connectivity index (χ2n) is 4.11. The van der Waals surface area contributed by atoms with Gasteiger partial charge in [-0.15, -0.1) is 11.3 Å². The third-order valence-electron chi connectivity index (χ3n) is 2.51. The molecule has 0 aliphatic carbocycles. The lowest BCUT2D eigenvalue weighted by atomic mass is 10.3. The number of aromatic nitrogens is 1. The fraction of sp³-hybridized carbons (Fsp3) is 0.727. The molecule has 0 fully saturated rings. The van der Waals surface area contributed by atoms with Crippen LogP contribution < -0.4 is 10.2 Å². The minimum absolute atomic E-state index is 0.0635. The summed E-state index contributed by atoms with van der Waals surface area (Å²) in [6.45, 7) is 4.80. The van der Waals surface area contributed by atoms with Crippen LogP contribution in [0.15, 0.2) is 6.20 Å². The van der Waals surface area contributed by atoms with Crippen molar-refractivity contribution in [1.82, 2.24) is 10.3 Å². The topological polar surface area (TPSA) is 28.2 Å². The van der Waals surface area contributed by atoms with Crippen molar-refractivity contribution in [3.63, 3.8) is 0 Å². The van der Waals surface area contributed by atoms with E-state index in [4.69, 9.17) is 0 Å². The Bertz CT molecular complexity index is 365. The average Bonchev–Trinajstić information content (AvgIpc) is 2.74. The summed E-state index contributed by atoms with van der Waals surface area (Å²) in [7, 11) is 1.63. The average molecular weight is 281 g/mol. The maximum absolute atomic E-state index is 12.1. The van der Waals surface area contributed by atoms with Crippen molar-refractivity contribution in [2.24, 2.45) is 0 Å². The molecule has 1 heterocycles. The van der Waals surface area contributed by atoms with Crippen molar-refractivity contribution in [2.45, 2.75) is 32.5 Å². The quantitative estimate of drug-likeness (QED) is 0.868. The highest BCUT2D eigenvalue weighted by atomic mass is 32.1. The molecule has 0 aromatic carbocycles. The van der Waals surface area contributed by atoms with Gasteiger partial charge in [0, 0.05) is 30.7 Å². The second kappa shape index (κ2) is 6.38. The molecule has 1 aromatic rings. The van der Waals surface area contributed by atoms with Crippen LogP contribution in [0.5, 0.6) is 0 Å². The Kier molecular flexibility index (Phi) is 5.40. The van der Waals surface area contributed by atoms with E-state index in [9.17, 15) is 13.2 Å². The van der Waals surface area contributed by atoms with E-state index >= 15 is 0 Å². The number of hydrogen-bond acceptors (Lipinski definition) is 4. The summed E-state index contributed by atoms with van der Waals surface area (Å²) < 4.78 is 36.3. The van der Waals surface area contributed by atoms with Gasteiger partial charge in [-0.3, -0.25) is 0 Å². The predicted octanol–water partition coefficient (Wildman–Crippen LogP) is 3.20. The first kappa shape index (κ1) is 15.2. The predicted molar refractivity (Wildman–Crippen MR) is 68.1 cm³/mol. The van der Waals surface area contributed by atoms with Crippen LogP contribution in [-0.4, -0.2) is 31.3 Å². The zero-order chi connectivity index (χ0) is 13.8. The van der Waals surface area contributed by atoms with Gasteiger partial charge in [0.05, 0.1) is 6.42 Å². The lowest BCUT2D eigenvalue weighted by molar-refractivity contribution is -0.132. The Hall–Kier alpha value is -0.820. The summed E-state index contributed by atoms with van der Waals surface area (Å²) in [6.07, 6.45) is -3.22. The van der Waals surface area contributed by atoms with E-state index < -0.39 is 12.6 Å². The van der Waals surface area contributed by atoms with Crippen molar-refractivity contribution in [3.8, 4) is 0 Å². The number of rotatable bonds is 6. The number of alkyl halides is 3. The SMILES string of the molecule is CCNC(C)c1cnc(N(C)CCC(F)(F)F)s1. The molecule has 0 bridgehead atoms. The highest BCUT2D eigenvalue weighted by Crippen LogP contribution is 2.27. The molecule has 0 spiro atoms. The largest absolute Gasteiger partial charge is 0.390 e. The summed E-state index contributed by atoms with van der Waals surface area (Å²) in [5.41, 5.74) is 0. The number of hydrogen-bond donors (Lipinski definition) is 1. The van der Waals surface area contributed by atoms with Crippen molar-refractivity contribution >= 4 is 16.5 Å². The first-order valence-corrected chi connectivity index (χ1v) is 6.62. The second-order valence-corrected chi connectivity index (χ2v) is 5.15. The van der Waals surface area contributed by atoms with Gasteiger partial charge in [0.15, 0.2) is 5.13 Å². The van der Waals surface area contributed by atoms with Gasteiger partial charge in [0.2, 0.25) is 0 Å². The van der Waals surface area contributed by atoms with Crippen LogP contribution in [0.4, 0.5) is 18.3 Å². The van der Waals surface area contributed by atoms with Crippen molar-refractivity contribution < 1.29 is 13.2 Å². The molecule has 1 aromatic heterocycles. The molecule has 7 heteroatoms. The maximum atomic E-state index is 12.1. The van der Waals surface area contributed by atoms with Gasteiger partial charge in [-0.1, -0.05) is 6.92 Å².